The maximum atomic E-state index is 13.0. The SMILES string of the molecule is Fc1cccc(Sc2ncc(Br)cc2Br)c1. The number of aromatic nitrogens is 1. The number of nitrogens with zero attached hydrogens (tertiary/aromatic N) is 1. The van der Waals surface area contributed by atoms with E-state index in [0.717, 1.165) is 18.9 Å². The highest BCUT2D eigenvalue weighted by Crippen LogP contribution is 2.33. The summed E-state index contributed by atoms with van der Waals surface area (Å²) in [6.45, 7) is 0. The minimum Gasteiger partial charge on any atom is -0.247 e. The largest absolute Gasteiger partial charge is 0.247 e. The molecule has 1 nitrogen and oxygen atoms in total. The molecule has 0 atom stereocenters. The van der Waals surface area contributed by atoms with Crippen LogP contribution in [0.25, 0.3) is 0 Å². The van der Waals surface area contributed by atoms with E-state index in [-0.39, 0.29) is 5.82 Å². The standard InChI is InChI=1S/C11H6Br2FNS/c12-7-4-10(13)11(15-6-7)16-9-3-1-2-8(14)5-9/h1-6H. The fourth-order valence-corrected chi connectivity index (χ4v) is 3.15. The summed E-state index contributed by atoms with van der Waals surface area (Å²) in [4.78, 5) is 5.08. The van der Waals surface area contributed by atoms with Crippen LogP contribution in [-0.4, -0.2) is 4.98 Å². The second kappa shape index (κ2) is 5.29. The zero-order valence-corrected chi connectivity index (χ0v) is 11.9. The van der Waals surface area contributed by atoms with Crippen molar-refractivity contribution < 1.29 is 4.39 Å². The summed E-state index contributed by atoms with van der Waals surface area (Å²) < 4.78 is 14.8. The molecule has 0 saturated carbocycles. The van der Waals surface area contributed by atoms with Crippen LogP contribution >= 0.6 is 43.6 Å². The predicted molar refractivity (Wildman–Crippen MR) is 70.2 cm³/mol. The average Bonchev–Trinajstić information content (AvgIpc) is 2.22. The van der Waals surface area contributed by atoms with Crippen molar-refractivity contribution in [2.45, 2.75) is 9.92 Å². The Morgan fingerprint density at radius 3 is 2.69 bits per heavy atom. The van der Waals surface area contributed by atoms with Gasteiger partial charge in [-0.3, -0.25) is 0 Å². The Hall–Kier alpha value is -0.390. The van der Waals surface area contributed by atoms with Crippen LogP contribution in [0.1, 0.15) is 0 Å². The quantitative estimate of drug-likeness (QED) is 0.753. The van der Waals surface area contributed by atoms with Crippen molar-refractivity contribution in [1.82, 2.24) is 4.98 Å². The maximum absolute atomic E-state index is 13.0. The van der Waals surface area contributed by atoms with Gasteiger partial charge in [0.1, 0.15) is 10.8 Å². The predicted octanol–water partition coefficient (Wildman–Crippen LogP) is 4.90. The van der Waals surface area contributed by atoms with E-state index in [4.69, 9.17) is 0 Å². The van der Waals surface area contributed by atoms with Crippen LogP contribution in [0, 0.1) is 5.82 Å². The molecule has 82 valence electrons. The van der Waals surface area contributed by atoms with E-state index in [2.05, 4.69) is 36.8 Å². The van der Waals surface area contributed by atoms with E-state index < -0.39 is 0 Å². The van der Waals surface area contributed by atoms with Gasteiger partial charge in [-0.05, 0) is 56.1 Å². The Balaban J connectivity index is 2.27. The molecule has 5 heteroatoms. The molecule has 1 heterocycles. The smallest absolute Gasteiger partial charge is 0.124 e. The summed E-state index contributed by atoms with van der Waals surface area (Å²) in [5.74, 6) is -0.238. The molecule has 0 fully saturated rings. The first-order valence-electron chi connectivity index (χ1n) is 4.39. The van der Waals surface area contributed by atoms with Gasteiger partial charge in [0, 0.05) is 15.6 Å². The normalized spacial score (nSPS) is 10.4. The molecule has 0 aliphatic rings. The Morgan fingerprint density at radius 1 is 1.19 bits per heavy atom. The molecule has 0 saturated heterocycles. The summed E-state index contributed by atoms with van der Waals surface area (Å²) in [5.41, 5.74) is 0. The Bertz CT molecular complexity index is 519. The zero-order chi connectivity index (χ0) is 11.5. The minimum atomic E-state index is -0.238. The van der Waals surface area contributed by atoms with E-state index in [0.29, 0.717) is 0 Å². The summed E-state index contributed by atoms with van der Waals surface area (Å²) in [6, 6.07) is 8.36. The lowest BCUT2D eigenvalue weighted by atomic mass is 10.4. The number of rotatable bonds is 2. The lowest BCUT2D eigenvalue weighted by Crippen LogP contribution is -1.83. The second-order valence-electron chi connectivity index (χ2n) is 3.00. The van der Waals surface area contributed by atoms with E-state index in [1.54, 1.807) is 12.3 Å². The molecule has 0 unspecified atom stereocenters. The molecular weight excluding hydrogens is 357 g/mol. The third-order valence-electron chi connectivity index (χ3n) is 1.78. The highest BCUT2D eigenvalue weighted by molar-refractivity contribution is 9.11. The van der Waals surface area contributed by atoms with Crippen LogP contribution in [0.5, 0.6) is 0 Å². The van der Waals surface area contributed by atoms with Crippen molar-refractivity contribution in [3.8, 4) is 0 Å². The Kier molecular flexibility index (Phi) is 4.00. The molecule has 0 aliphatic heterocycles. The Morgan fingerprint density at radius 2 is 2.00 bits per heavy atom. The van der Waals surface area contributed by atoms with Crippen LogP contribution in [0.3, 0.4) is 0 Å². The number of halogens is 3. The highest BCUT2D eigenvalue weighted by atomic mass is 79.9. The molecule has 16 heavy (non-hydrogen) atoms. The lowest BCUT2D eigenvalue weighted by molar-refractivity contribution is 0.624. The van der Waals surface area contributed by atoms with Gasteiger partial charge in [-0.1, -0.05) is 17.8 Å². The molecule has 0 aliphatic carbocycles. The molecule has 0 radical (unpaired) electrons. The van der Waals surface area contributed by atoms with Crippen molar-refractivity contribution in [1.29, 1.82) is 0 Å². The molecule has 0 N–H and O–H groups in total. The van der Waals surface area contributed by atoms with Crippen LogP contribution in [0.15, 0.2) is 55.4 Å². The van der Waals surface area contributed by atoms with Crippen molar-refractivity contribution in [2.75, 3.05) is 0 Å². The van der Waals surface area contributed by atoms with Crippen LogP contribution in [0.2, 0.25) is 0 Å². The maximum Gasteiger partial charge on any atom is 0.124 e. The fourth-order valence-electron chi connectivity index (χ4n) is 1.12. The molecule has 0 bridgehead atoms. The number of hydrogen-bond donors (Lipinski definition) is 0. The summed E-state index contributed by atoms with van der Waals surface area (Å²) in [6.07, 6.45) is 1.71. The lowest BCUT2D eigenvalue weighted by Gasteiger charge is -2.03. The van der Waals surface area contributed by atoms with Gasteiger partial charge in [-0.2, -0.15) is 0 Å². The number of benzene rings is 1. The van der Waals surface area contributed by atoms with E-state index in [1.165, 1.54) is 23.9 Å². The van der Waals surface area contributed by atoms with Gasteiger partial charge in [0.05, 0.1) is 4.47 Å². The van der Waals surface area contributed by atoms with Gasteiger partial charge in [0.2, 0.25) is 0 Å². The van der Waals surface area contributed by atoms with Crippen LogP contribution in [0.4, 0.5) is 4.39 Å². The van der Waals surface area contributed by atoms with E-state index in [9.17, 15) is 4.39 Å². The van der Waals surface area contributed by atoms with Gasteiger partial charge in [0.25, 0.3) is 0 Å². The van der Waals surface area contributed by atoms with Gasteiger partial charge in [-0.25, -0.2) is 9.37 Å². The van der Waals surface area contributed by atoms with Crippen LogP contribution < -0.4 is 0 Å². The van der Waals surface area contributed by atoms with Crippen molar-refractivity contribution in [2.24, 2.45) is 0 Å². The van der Waals surface area contributed by atoms with Gasteiger partial charge in [-0.15, -0.1) is 0 Å². The van der Waals surface area contributed by atoms with Crippen molar-refractivity contribution >= 4 is 43.6 Å². The van der Waals surface area contributed by atoms with Gasteiger partial charge < -0.3 is 0 Å². The average molecular weight is 363 g/mol. The topological polar surface area (TPSA) is 12.9 Å². The third kappa shape index (κ3) is 3.06. The first kappa shape index (κ1) is 12.1. The van der Waals surface area contributed by atoms with Crippen molar-refractivity contribution in [3.63, 3.8) is 0 Å². The third-order valence-corrected chi connectivity index (χ3v) is 4.09. The molecule has 2 aromatic rings. The second-order valence-corrected chi connectivity index (χ2v) is 5.83. The summed E-state index contributed by atoms with van der Waals surface area (Å²) in [5, 5.41) is 0.814. The van der Waals surface area contributed by atoms with Gasteiger partial charge >= 0.3 is 0 Å². The highest BCUT2D eigenvalue weighted by Gasteiger charge is 2.05. The molecule has 0 amide bonds. The monoisotopic (exact) mass is 361 g/mol. The van der Waals surface area contributed by atoms with Crippen LogP contribution in [-0.2, 0) is 0 Å². The zero-order valence-electron chi connectivity index (χ0n) is 7.95. The fraction of sp³-hybridized carbons (Fsp3) is 0. The molecule has 2 rings (SSSR count). The van der Waals surface area contributed by atoms with E-state index >= 15 is 0 Å². The van der Waals surface area contributed by atoms with Crippen molar-refractivity contribution in [3.05, 3.63) is 51.3 Å². The minimum absolute atomic E-state index is 0.238. The number of hydrogen-bond acceptors (Lipinski definition) is 2. The molecule has 1 aromatic heterocycles. The first-order valence-corrected chi connectivity index (χ1v) is 6.80. The summed E-state index contributed by atoms with van der Waals surface area (Å²) >= 11 is 8.17. The molecular formula is C11H6Br2FNS. The molecule has 1 aromatic carbocycles. The summed E-state index contributed by atoms with van der Waals surface area (Å²) in [7, 11) is 0. The number of pyridine rings is 1. The van der Waals surface area contributed by atoms with Gasteiger partial charge in [0.15, 0.2) is 0 Å². The Labute approximate surface area is 114 Å². The first-order chi connectivity index (χ1) is 7.65. The van der Waals surface area contributed by atoms with E-state index in [1.807, 2.05) is 12.1 Å². The molecule has 0 spiro atoms.